The maximum Gasteiger partial charge on any atom is 0.337 e. The molecule has 7 heteroatoms. The molecule has 0 aromatic rings. The number of carbonyl (C=O) groups is 3. The standard InChI is InChI=1S/C9H14N2O5/c1-9(16,8(14)15)4-11-7(13)5-2-6(12)10-3-5/h5,16H,2-4H2,1H3,(H,10,12)(H,11,13)(H,14,15). The molecule has 2 amide bonds. The predicted octanol–water partition coefficient (Wildman–Crippen LogP) is -1.93. The molecule has 0 aromatic heterocycles. The van der Waals surface area contributed by atoms with Gasteiger partial charge in [0.25, 0.3) is 0 Å². The highest BCUT2D eigenvalue weighted by atomic mass is 16.4. The van der Waals surface area contributed by atoms with E-state index in [4.69, 9.17) is 5.11 Å². The van der Waals surface area contributed by atoms with E-state index in [2.05, 4.69) is 10.6 Å². The Hall–Kier alpha value is -1.63. The molecule has 0 aromatic carbocycles. The van der Waals surface area contributed by atoms with Gasteiger partial charge in [0.2, 0.25) is 11.8 Å². The normalized spacial score (nSPS) is 23.4. The van der Waals surface area contributed by atoms with Gasteiger partial charge in [-0.25, -0.2) is 4.79 Å². The van der Waals surface area contributed by atoms with Gasteiger partial charge >= 0.3 is 5.97 Å². The average molecular weight is 230 g/mol. The first-order chi connectivity index (χ1) is 7.33. The number of hydrogen-bond donors (Lipinski definition) is 4. The van der Waals surface area contributed by atoms with E-state index < -0.39 is 23.4 Å². The van der Waals surface area contributed by atoms with E-state index in [0.717, 1.165) is 6.92 Å². The molecule has 1 heterocycles. The van der Waals surface area contributed by atoms with Gasteiger partial charge < -0.3 is 20.8 Å². The first kappa shape index (κ1) is 12.4. The first-order valence-corrected chi connectivity index (χ1v) is 4.83. The van der Waals surface area contributed by atoms with E-state index in [1.165, 1.54) is 0 Å². The van der Waals surface area contributed by atoms with Gasteiger partial charge in [-0.3, -0.25) is 9.59 Å². The average Bonchev–Trinajstić information content (AvgIpc) is 2.61. The quantitative estimate of drug-likeness (QED) is 0.449. The molecule has 1 rings (SSSR count). The summed E-state index contributed by atoms with van der Waals surface area (Å²) >= 11 is 0. The van der Waals surface area contributed by atoms with Crippen LogP contribution in [-0.4, -0.2) is 46.7 Å². The predicted molar refractivity (Wildman–Crippen MR) is 52.4 cm³/mol. The molecule has 0 radical (unpaired) electrons. The molecule has 0 bridgehead atoms. The van der Waals surface area contributed by atoms with Crippen LogP contribution in [0.25, 0.3) is 0 Å². The fourth-order valence-corrected chi connectivity index (χ4v) is 1.27. The maximum absolute atomic E-state index is 11.5. The van der Waals surface area contributed by atoms with Crippen LogP contribution in [0, 0.1) is 5.92 Å². The van der Waals surface area contributed by atoms with Crippen molar-refractivity contribution in [3.05, 3.63) is 0 Å². The van der Waals surface area contributed by atoms with Crippen molar-refractivity contribution in [3.63, 3.8) is 0 Å². The molecule has 0 spiro atoms. The second-order valence-electron chi connectivity index (χ2n) is 4.00. The Morgan fingerprint density at radius 2 is 2.25 bits per heavy atom. The van der Waals surface area contributed by atoms with E-state index in [1.807, 2.05) is 0 Å². The van der Waals surface area contributed by atoms with E-state index in [-0.39, 0.29) is 25.4 Å². The number of rotatable bonds is 4. The van der Waals surface area contributed by atoms with Gasteiger partial charge in [-0.15, -0.1) is 0 Å². The van der Waals surface area contributed by atoms with E-state index in [0.29, 0.717) is 0 Å². The maximum atomic E-state index is 11.5. The number of carboxylic acids is 1. The van der Waals surface area contributed by atoms with Crippen LogP contribution in [0.4, 0.5) is 0 Å². The Balaban J connectivity index is 2.41. The summed E-state index contributed by atoms with van der Waals surface area (Å²) in [4.78, 5) is 32.8. The molecule has 16 heavy (non-hydrogen) atoms. The van der Waals surface area contributed by atoms with Crippen LogP contribution in [0.2, 0.25) is 0 Å². The minimum absolute atomic E-state index is 0.0983. The van der Waals surface area contributed by atoms with E-state index in [9.17, 15) is 19.5 Å². The topological polar surface area (TPSA) is 116 Å². The Morgan fingerprint density at radius 1 is 1.62 bits per heavy atom. The summed E-state index contributed by atoms with van der Waals surface area (Å²) in [6, 6.07) is 0. The fourth-order valence-electron chi connectivity index (χ4n) is 1.27. The zero-order valence-electron chi connectivity index (χ0n) is 8.82. The Labute approximate surface area is 91.8 Å². The summed E-state index contributed by atoms with van der Waals surface area (Å²) in [5.74, 6) is -2.53. The van der Waals surface area contributed by atoms with Gasteiger partial charge in [0.15, 0.2) is 5.60 Å². The molecule has 90 valence electrons. The van der Waals surface area contributed by atoms with Gasteiger partial charge in [-0.05, 0) is 6.92 Å². The van der Waals surface area contributed by atoms with Crippen LogP contribution in [0.1, 0.15) is 13.3 Å². The lowest BCUT2D eigenvalue weighted by molar-refractivity contribution is -0.156. The lowest BCUT2D eigenvalue weighted by Crippen LogP contribution is -2.48. The Morgan fingerprint density at radius 3 is 2.69 bits per heavy atom. The summed E-state index contributed by atoms with van der Waals surface area (Å²) in [6.45, 7) is 0.958. The van der Waals surface area contributed by atoms with Crippen molar-refractivity contribution in [1.29, 1.82) is 0 Å². The highest BCUT2D eigenvalue weighted by Crippen LogP contribution is 2.09. The van der Waals surface area contributed by atoms with Crippen molar-refractivity contribution in [1.82, 2.24) is 10.6 Å². The summed E-state index contributed by atoms with van der Waals surface area (Å²) in [5, 5.41) is 22.7. The molecule has 1 aliphatic heterocycles. The molecule has 7 nitrogen and oxygen atoms in total. The van der Waals surface area contributed by atoms with Crippen molar-refractivity contribution in [3.8, 4) is 0 Å². The number of aliphatic carboxylic acids is 1. The summed E-state index contributed by atoms with van der Waals surface area (Å²) in [6.07, 6.45) is 0.0983. The first-order valence-electron chi connectivity index (χ1n) is 4.83. The monoisotopic (exact) mass is 230 g/mol. The number of aliphatic hydroxyl groups is 1. The zero-order chi connectivity index (χ0) is 12.3. The van der Waals surface area contributed by atoms with Crippen molar-refractivity contribution in [2.75, 3.05) is 13.1 Å². The van der Waals surface area contributed by atoms with Crippen LogP contribution >= 0.6 is 0 Å². The van der Waals surface area contributed by atoms with Gasteiger partial charge in [-0.2, -0.15) is 0 Å². The summed E-state index contributed by atoms with van der Waals surface area (Å²) in [5.41, 5.74) is -1.99. The number of amides is 2. The number of carbonyl (C=O) groups excluding carboxylic acids is 2. The van der Waals surface area contributed by atoms with Crippen LogP contribution in [0.5, 0.6) is 0 Å². The van der Waals surface area contributed by atoms with Crippen LogP contribution in [-0.2, 0) is 14.4 Å². The Kier molecular flexibility index (Phi) is 3.48. The minimum atomic E-state index is -1.99. The Bertz CT molecular complexity index is 326. The van der Waals surface area contributed by atoms with Crippen LogP contribution < -0.4 is 10.6 Å². The molecule has 0 aliphatic carbocycles. The molecule has 1 aliphatic rings. The molecule has 0 saturated carbocycles. The van der Waals surface area contributed by atoms with Gasteiger partial charge in [0, 0.05) is 13.0 Å². The molecule has 4 N–H and O–H groups in total. The summed E-state index contributed by atoms with van der Waals surface area (Å²) < 4.78 is 0. The molecule has 1 saturated heterocycles. The van der Waals surface area contributed by atoms with Crippen molar-refractivity contribution in [2.45, 2.75) is 18.9 Å². The van der Waals surface area contributed by atoms with E-state index >= 15 is 0 Å². The number of carboxylic acid groups (broad SMARTS) is 1. The lowest BCUT2D eigenvalue weighted by atomic mass is 10.1. The van der Waals surface area contributed by atoms with Gasteiger partial charge in [0.05, 0.1) is 12.5 Å². The smallest absolute Gasteiger partial charge is 0.337 e. The molecular weight excluding hydrogens is 216 g/mol. The molecular formula is C9H14N2O5. The minimum Gasteiger partial charge on any atom is -0.479 e. The molecule has 2 unspecified atom stereocenters. The third-order valence-corrected chi connectivity index (χ3v) is 2.42. The third kappa shape index (κ3) is 2.93. The fraction of sp³-hybridized carbons (Fsp3) is 0.667. The second-order valence-corrected chi connectivity index (χ2v) is 4.00. The summed E-state index contributed by atoms with van der Waals surface area (Å²) in [7, 11) is 0. The highest BCUT2D eigenvalue weighted by molar-refractivity contribution is 5.89. The zero-order valence-corrected chi connectivity index (χ0v) is 8.82. The SMILES string of the molecule is CC(O)(CNC(=O)C1CNC(=O)C1)C(=O)O. The van der Waals surface area contributed by atoms with Gasteiger partial charge in [-0.1, -0.05) is 0 Å². The van der Waals surface area contributed by atoms with E-state index in [1.54, 1.807) is 0 Å². The van der Waals surface area contributed by atoms with Crippen LogP contribution in [0.15, 0.2) is 0 Å². The largest absolute Gasteiger partial charge is 0.479 e. The van der Waals surface area contributed by atoms with Crippen LogP contribution in [0.3, 0.4) is 0 Å². The lowest BCUT2D eigenvalue weighted by Gasteiger charge is -2.19. The van der Waals surface area contributed by atoms with Crippen molar-refractivity contribution in [2.24, 2.45) is 5.92 Å². The van der Waals surface area contributed by atoms with Crippen molar-refractivity contribution < 1.29 is 24.6 Å². The number of hydrogen-bond acceptors (Lipinski definition) is 4. The molecule has 1 fully saturated rings. The number of nitrogens with one attached hydrogen (secondary N) is 2. The van der Waals surface area contributed by atoms with Gasteiger partial charge in [0.1, 0.15) is 0 Å². The van der Waals surface area contributed by atoms with Crippen molar-refractivity contribution >= 4 is 17.8 Å². The highest BCUT2D eigenvalue weighted by Gasteiger charge is 2.33. The third-order valence-electron chi connectivity index (χ3n) is 2.42. The molecule has 2 atom stereocenters. The second kappa shape index (κ2) is 4.48.